The number of nitrogens with zero attached hydrogens (tertiary/aromatic N) is 1. The standard InChI is InChI=1S/C15H30N2O3/c1-10(2)7-12(9-16)8-13(18)20-14(11(3)4)15(19)17(5)6/h10-12,14H,7-9,16H2,1-6H3/t12-,14?/m0/s1. The molecule has 0 rings (SSSR count). The van der Waals surface area contributed by atoms with Crippen LogP contribution in [0.1, 0.15) is 40.5 Å². The van der Waals surface area contributed by atoms with E-state index in [4.69, 9.17) is 10.5 Å². The van der Waals surface area contributed by atoms with E-state index in [1.54, 1.807) is 14.1 Å². The van der Waals surface area contributed by atoms with Crippen LogP contribution in [0.5, 0.6) is 0 Å². The molecule has 0 aromatic rings. The molecule has 0 aliphatic heterocycles. The van der Waals surface area contributed by atoms with Crippen LogP contribution >= 0.6 is 0 Å². The van der Waals surface area contributed by atoms with Crippen molar-refractivity contribution in [2.75, 3.05) is 20.6 Å². The van der Waals surface area contributed by atoms with Gasteiger partial charge in [-0.1, -0.05) is 27.7 Å². The molecule has 0 saturated carbocycles. The summed E-state index contributed by atoms with van der Waals surface area (Å²) in [6.07, 6.45) is 0.452. The zero-order valence-corrected chi connectivity index (χ0v) is 13.7. The number of rotatable bonds is 8. The molecular weight excluding hydrogens is 256 g/mol. The monoisotopic (exact) mass is 286 g/mol. The van der Waals surface area contributed by atoms with Gasteiger partial charge in [-0.3, -0.25) is 9.59 Å². The SMILES string of the molecule is CC(C)C[C@H](CN)CC(=O)OC(C(=O)N(C)C)C(C)C. The van der Waals surface area contributed by atoms with Gasteiger partial charge >= 0.3 is 5.97 Å². The maximum absolute atomic E-state index is 12.0. The van der Waals surface area contributed by atoms with E-state index in [1.807, 2.05) is 13.8 Å². The first-order chi connectivity index (χ1) is 9.18. The highest BCUT2D eigenvalue weighted by atomic mass is 16.5. The predicted molar refractivity (Wildman–Crippen MR) is 80.0 cm³/mol. The Morgan fingerprint density at radius 2 is 1.70 bits per heavy atom. The van der Waals surface area contributed by atoms with Gasteiger partial charge in [0.2, 0.25) is 0 Å². The van der Waals surface area contributed by atoms with Gasteiger partial charge in [0, 0.05) is 20.5 Å². The van der Waals surface area contributed by atoms with Gasteiger partial charge < -0.3 is 15.4 Å². The molecule has 0 spiro atoms. The summed E-state index contributed by atoms with van der Waals surface area (Å²) in [6, 6.07) is 0. The Morgan fingerprint density at radius 3 is 2.05 bits per heavy atom. The summed E-state index contributed by atoms with van der Waals surface area (Å²) in [5.74, 6) is 0.0391. The third kappa shape index (κ3) is 6.89. The lowest BCUT2D eigenvalue weighted by atomic mass is 9.94. The maximum Gasteiger partial charge on any atom is 0.306 e. The second kappa shape index (κ2) is 8.95. The zero-order chi connectivity index (χ0) is 15.9. The van der Waals surface area contributed by atoms with Crippen molar-refractivity contribution in [2.45, 2.75) is 46.6 Å². The first kappa shape index (κ1) is 18.9. The second-order valence-corrected chi connectivity index (χ2v) is 6.32. The van der Waals surface area contributed by atoms with E-state index in [9.17, 15) is 9.59 Å². The zero-order valence-electron chi connectivity index (χ0n) is 13.7. The van der Waals surface area contributed by atoms with E-state index in [1.165, 1.54) is 4.90 Å². The van der Waals surface area contributed by atoms with Crippen LogP contribution in [0.15, 0.2) is 0 Å². The summed E-state index contributed by atoms with van der Waals surface area (Å²) in [6.45, 7) is 8.39. The van der Waals surface area contributed by atoms with Crippen molar-refractivity contribution < 1.29 is 14.3 Å². The van der Waals surface area contributed by atoms with Crippen LogP contribution in [0.25, 0.3) is 0 Å². The summed E-state index contributed by atoms with van der Waals surface area (Å²) in [5.41, 5.74) is 5.69. The predicted octanol–water partition coefficient (Wildman–Crippen LogP) is 1.65. The van der Waals surface area contributed by atoms with Crippen molar-refractivity contribution in [3.05, 3.63) is 0 Å². The Labute approximate surface area is 122 Å². The highest BCUT2D eigenvalue weighted by Crippen LogP contribution is 2.17. The number of carbonyl (C=O) groups excluding carboxylic acids is 2. The summed E-state index contributed by atoms with van der Waals surface area (Å²) in [7, 11) is 3.32. The number of ether oxygens (including phenoxy) is 1. The molecule has 5 nitrogen and oxygen atoms in total. The number of hydrogen-bond acceptors (Lipinski definition) is 4. The Morgan fingerprint density at radius 1 is 1.15 bits per heavy atom. The fraction of sp³-hybridized carbons (Fsp3) is 0.867. The highest BCUT2D eigenvalue weighted by molar-refractivity contribution is 5.83. The van der Waals surface area contributed by atoms with Gasteiger partial charge in [0.1, 0.15) is 0 Å². The van der Waals surface area contributed by atoms with Gasteiger partial charge in [0.15, 0.2) is 6.10 Å². The molecule has 0 saturated heterocycles. The van der Waals surface area contributed by atoms with Gasteiger partial charge in [-0.25, -0.2) is 0 Å². The number of likely N-dealkylation sites (N-methyl/N-ethyl adjacent to an activating group) is 1. The number of carbonyl (C=O) groups is 2. The molecule has 0 aliphatic rings. The molecule has 0 aliphatic carbocycles. The quantitative estimate of drug-likeness (QED) is 0.689. The van der Waals surface area contributed by atoms with Crippen LogP contribution in [0.4, 0.5) is 0 Å². The normalized spacial score (nSPS) is 14.2. The fourth-order valence-electron chi connectivity index (χ4n) is 2.08. The van der Waals surface area contributed by atoms with Crippen LogP contribution < -0.4 is 5.73 Å². The Balaban J connectivity index is 4.57. The van der Waals surface area contributed by atoms with Gasteiger partial charge in [0.25, 0.3) is 5.91 Å². The molecule has 0 aromatic heterocycles. The van der Waals surface area contributed by atoms with E-state index in [0.29, 0.717) is 12.5 Å². The largest absolute Gasteiger partial charge is 0.452 e. The van der Waals surface area contributed by atoms with Crippen molar-refractivity contribution in [1.29, 1.82) is 0 Å². The minimum absolute atomic E-state index is 0.0460. The molecule has 2 atom stereocenters. The molecule has 1 amide bonds. The summed E-state index contributed by atoms with van der Waals surface area (Å²) in [5, 5.41) is 0. The first-order valence-corrected chi connectivity index (χ1v) is 7.29. The molecule has 2 N–H and O–H groups in total. The van der Waals surface area contributed by atoms with Crippen molar-refractivity contribution >= 4 is 11.9 Å². The number of hydrogen-bond donors (Lipinski definition) is 1. The van der Waals surface area contributed by atoms with E-state index in [-0.39, 0.29) is 30.1 Å². The molecule has 0 aromatic carbocycles. The van der Waals surface area contributed by atoms with E-state index < -0.39 is 6.10 Å². The van der Waals surface area contributed by atoms with Gasteiger partial charge in [-0.05, 0) is 30.7 Å². The summed E-state index contributed by atoms with van der Waals surface area (Å²) in [4.78, 5) is 25.4. The topological polar surface area (TPSA) is 72.6 Å². The number of amides is 1. The summed E-state index contributed by atoms with van der Waals surface area (Å²) >= 11 is 0. The van der Waals surface area contributed by atoms with E-state index in [0.717, 1.165) is 6.42 Å². The van der Waals surface area contributed by atoms with Crippen LogP contribution in [-0.4, -0.2) is 43.5 Å². The first-order valence-electron chi connectivity index (χ1n) is 7.29. The van der Waals surface area contributed by atoms with Gasteiger partial charge in [-0.2, -0.15) is 0 Å². The van der Waals surface area contributed by atoms with E-state index in [2.05, 4.69) is 13.8 Å². The van der Waals surface area contributed by atoms with Crippen LogP contribution in [0, 0.1) is 17.8 Å². The Bertz CT molecular complexity index is 314. The summed E-state index contributed by atoms with van der Waals surface area (Å²) < 4.78 is 5.36. The third-order valence-electron chi connectivity index (χ3n) is 3.14. The minimum Gasteiger partial charge on any atom is -0.452 e. The highest BCUT2D eigenvalue weighted by Gasteiger charge is 2.28. The lowest BCUT2D eigenvalue weighted by Crippen LogP contribution is -2.40. The second-order valence-electron chi connectivity index (χ2n) is 6.32. The fourth-order valence-corrected chi connectivity index (χ4v) is 2.08. The van der Waals surface area contributed by atoms with Crippen LogP contribution in [0.3, 0.4) is 0 Å². The molecule has 118 valence electrons. The van der Waals surface area contributed by atoms with Crippen LogP contribution in [-0.2, 0) is 14.3 Å². The maximum atomic E-state index is 12.0. The molecular formula is C15H30N2O3. The molecule has 5 heteroatoms. The Hall–Kier alpha value is -1.10. The van der Waals surface area contributed by atoms with Gasteiger partial charge in [-0.15, -0.1) is 0 Å². The molecule has 1 unspecified atom stereocenters. The average molecular weight is 286 g/mol. The third-order valence-corrected chi connectivity index (χ3v) is 3.14. The van der Waals surface area contributed by atoms with Gasteiger partial charge in [0.05, 0.1) is 0 Å². The molecule has 0 bridgehead atoms. The van der Waals surface area contributed by atoms with Crippen molar-refractivity contribution in [2.24, 2.45) is 23.5 Å². The molecule has 0 fully saturated rings. The Kier molecular flexibility index (Phi) is 8.46. The smallest absolute Gasteiger partial charge is 0.306 e. The number of nitrogens with two attached hydrogens (primary N) is 1. The molecule has 20 heavy (non-hydrogen) atoms. The van der Waals surface area contributed by atoms with Crippen molar-refractivity contribution in [1.82, 2.24) is 4.90 Å². The molecule has 0 radical (unpaired) electrons. The average Bonchev–Trinajstić information content (AvgIpc) is 2.33. The minimum atomic E-state index is -0.713. The molecule has 0 heterocycles. The lowest BCUT2D eigenvalue weighted by Gasteiger charge is -2.24. The van der Waals surface area contributed by atoms with E-state index >= 15 is 0 Å². The lowest BCUT2D eigenvalue weighted by molar-refractivity contribution is -0.162. The van der Waals surface area contributed by atoms with Crippen molar-refractivity contribution in [3.63, 3.8) is 0 Å². The number of esters is 1. The van der Waals surface area contributed by atoms with Crippen molar-refractivity contribution in [3.8, 4) is 0 Å². The van der Waals surface area contributed by atoms with Crippen LogP contribution in [0.2, 0.25) is 0 Å².